The Hall–Kier alpha value is -2.11. The van der Waals surface area contributed by atoms with Gasteiger partial charge in [-0.2, -0.15) is 0 Å². The summed E-state index contributed by atoms with van der Waals surface area (Å²) in [5.41, 5.74) is 1.38. The standard InChI is InChI=1S/C19H23ClFN3O/c1-2-22-19(23-11-10-14-6-5-7-15(20)12-14)24-13-18(25)16-8-3-4-9-17(16)21/h3-9,12,18,25H,2,10-11,13H2,1H3,(H2,22,23,24). The van der Waals surface area contributed by atoms with Crippen molar-refractivity contribution in [3.8, 4) is 0 Å². The number of halogens is 2. The summed E-state index contributed by atoms with van der Waals surface area (Å²) in [5, 5.41) is 17.2. The fourth-order valence-electron chi connectivity index (χ4n) is 2.38. The summed E-state index contributed by atoms with van der Waals surface area (Å²) in [6.45, 7) is 3.40. The Labute approximate surface area is 152 Å². The minimum absolute atomic E-state index is 0.0768. The predicted octanol–water partition coefficient (Wildman–Crippen LogP) is 3.31. The lowest BCUT2D eigenvalue weighted by Gasteiger charge is -2.14. The van der Waals surface area contributed by atoms with E-state index in [9.17, 15) is 9.50 Å². The van der Waals surface area contributed by atoms with E-state index >= 15 is 0 Å². The summed E-state index contributed by atoms with van der Waals surface area (Å²) in [4.78, 5) is 4.33. The monoisotopic (exact) mass is 363 g/mol. The van der Waals surface area contributed by atoms with E-state index in [2.05, 4.69) is 15.6 Å². The van der Waals surface area contributed by atoms with Crippen LogP contribution < -0.4 is 10.6 Å². The molecule has 2 rings (SSSR count). The second-order valence-corrected chi connectivity index (χ2v) is 6.00. The van der Waals surface area contributed by atoms with E-state index in [0.29, 0.717) is 24.1 Å². The van der Waals surface area contributed by atoms with Crippen molar-refractivity contribution in [1.29, 1.82) is 0 Å². The molecule has 1 unspecified atom stereocenters. The number of aliphatic hydroxyl groups is 1. The van der Waals surface area contributed by atoms with Crippen molar-refractivity contribution in [3.63, 3.8) is 0 Å². The van der Waals surface area contributed by atoms with Gasteiger partial charge in [-0.1, -0.05) is 41.9 Å². The topological polar surface area (TPSA) is 56.7 Å². The molecule has 0 spiro atoms. The molecular formula is C19H23ClFN3O. The Morgan fingerprint density at radius 3 is 2.72 bits per heavy atom. The van der Waals surface area contributed by atoms with Gasteiger partial charge in [0.2, 0.25) is 0 Å². The molecule has 0 aromatic heterocycles. The zero-order valence-corrected chi connectivity index (χ0v) is 14.9. The molecule has 2 aromatic carbocycles. The van der Waals surface area contributed by atoms with Crippen LogP contribution in [0, 0.1) is 5.82 Å². The van der Waals surface area contributed by atoms with Gasteiger partial charge in [-0.3, -0.25) is 4.99 Å². The predicted molar refractivity (Wildman–Crippen MR) is 100 cm³/mol. The Morgan fingerprint density at radius 2 is 2.00 bits per heavy atom. The lowest BCUT2D eigenvalue weighted by Crippen LogP contribution is -2.38. The van der Waals surface area contributed by atoms with Gasteiger partial charge in [-0.25, -0.2) is 4.39 Å². The first-order valence-corrected chi connectivity index (χ1v) is 8.67. The van der Waals surface area contributed by atoms with Crippen LogP contribution in [-0.2, 0) is 6.42 Å². The molecule has 4 nitrogen and oxygen atoms in total. The van der Waals surface area contributed by atoms with Gasteiger partial charge >= 0.3 is 0 Å². The summed E-state index contributed by atoms with van der Waals surface area (Å²) in [7, 11) is 0. The number of aliphatic hydroxyl groups excluding tert-OH is 1. The lowest BCUT2D eigenvalue weighted by molar-refractivity contribution is 0.182. The van der Waals surface area contributed by atoms with Crippen LogP contribution in [-0.4, -0.2) is 30.7 Å². The van der Waals surface area contributed by atoms with Crippen molar-refractivity contribution < 1.29 is 9.50 Å². The van der Waals surface area contributed by atoms with Crippen molar-refractivity contribution in [3.05, 3.63) is 70.5 Å². The molecular weight excluding hydrogens is 341 g/mol. The second kappa shape index (κ2) is 10.0. The number of hydrogen-bond donors (Lipinski definition) is 3. The SMILES string of the molecule is CCNC(=NCC(O)c1ccccc1F)NCCc1cccc(Cl)c1. The molecule has 0 heterocycles. The normalized spacial score (nSPS) is 12.7. The van der Waals surface area contributed by atoms with Crippen LogP contribution in [0.2, 0.25) is 5.02 Å². The molecule has 0 radical (unpaired) electrons. The molecule has 0 aliphatic rings. The van der Waals surface area contributed by atoms with Crippen molar-refractivity contribution >= 4 is 17.6 Å². The zero-order chi connectivity index (χ0) is 18.1. The van der Waals surface area contributed by atoms with Gasteiger partial charge in [0.25, 0.3) is 0 Å². The molecule has 1 atom stereocenters. The molecule has 0 saturated carbocycles. The largest absolute Gasteiger partial charge is 0.386 e. The Morgan fingerprint density at radius 1 is 1.20 bits per heavy atom. The molecule has 6 heteroatoms. The minimum atomic E-state index is -0.982. The molecule has 0 amide bonds. The highest BCUT2D eigenvalue weighted by Gasteiger charge is 2.11. The summed E-state index contributed by atoms with van der Waals surface area (Å²) in [6.07, 6.45) is -0.189. The molecule has 3 N–H and O–H groups in total. The quantitative estimate of drug-likeness (QED) is 0.522. The molecule has 25 heavy (non-hydrogen) atoms. The van der Waals surface area contributed by atoms with Gasteiger partial charge in [-0.05, 0) is 37.1 Å². The van der Waals surface area contributed by atoms with Crippen molar-refractivity contribution in [1.82, 2.24) is 10.6 Å². The summed E-state index contributed by atoms with van der Waals surface area (Å²) >= 11 is 5.98. The molecule has 134 valence electrons. The van der Waals surface area contributed by atoms with Crippen LogP contribution in [0.3, 0.4) is 0 Å². The van der Waals surface area contributed by atoms with Gasteiger partial charge in [0, 0.05) is 23.7 Å². The van der Waals surface area contributed by atoms with Crippen molar-refractivity contribution in [2.24, 2.45) is 4.99 Å². The van der Waals surface area contributed by atoms with E-state index in [0.717, 1.165) is 12.0 Å². The molecule has 0 fully saturated rings. The average Bonchev–Trinajstić information content (AvgIpc) is 2.60. The average molecular weight is 364 g/mol. The van der Waals surface area contributed by atoms with Gasteiger partial charge in [0.05, 0.1) is 6.54 Å². The van der Waals surface area contributed by atoms with Crippen molar-refractivity contribution in [2.45, 2.75) is 19.4 Å². The van der Waals surface area contributed by atoms with Crippen LogP contribution >= 0.6 is 11.6 Å². The van der Waals surface area contributed by atoms with Crippen LogP contribution in [0.4, 0.5) is 4.39 Å². The summed E-state index contributed by atoms with van der Waals surface area (Å²) in [5.74, 6) is 0.157. The molecule has 2 aromatic rings. The number of nitrogens with one attached hydrogen (secondary N) is 2. The third-order valence-electron chi connectivity index (χ3n) is 3.63. The highest BCUT2D eigenvalue weighted by molar-refractivity contribution is 6.30. The van der Waals surface area contributed by atoms with E-state index in [1.54, 1.807) is 18.2 Å². The van der Waals surface area contributed by atoms with E-state index in [1.807, 2.05) is 31.2 Å². The summed E-state index contributed by atoms with van der Waals surface area (Å²) < 4.78 is 13.7. The molecule has 0 aliphatic heterocycles. The van der Waals surface area contributed by atoms with E-state index in [4.69, 9.17) is 11.6 Å². The Bertz CT molecular complexity index is 709. The van der Waals surface area contributed by atoms with Crippen molar-refractivity contribution in [2.75, 3.05) is 19.6 Å². The van der Waals surface area contributed by atoms with Crippen LogP contribution in [0.15, 0.2) is 53.5 Å². The van der Waals surface area contributed by atoms with Crippen LogP contribution in [0.5, 0.6) is 0 Å². The van der Waals surface area contributed by atoms with E-state index < -0.39 is 11.9 Å². The number of aliphatic imine (C=N–C) groups is 1. The highest BCUT2D eigenvalue weighted by atomic mass is 35.5. The van der Waals surface area contributed by atoms with Gasteiger partial charge in [0.1, 0.15) is 11.9 Å². The number of hydrogen-bond acceptors (Lipinski definition) is 2. The molecule has 0 bridgehead atoms. The maximum atomic E-state index is 13.7. The van der Waals surface area contributed by atoms with Gasteiger partial charge in [-0.15, -0.1) is 0 Å². The fraction of sp³-hybridized carbons (Fsp3) is 0.316. The first kappa shape index (κ1) is 19.2. The maximum absolute atomic E-state index is 13.7. The zero-order valence-electron chi connectivity index (χ0n) is 14.2. The number of rotatable bonds is 7. The number of benzene rings is 2. The van der Waals surface area contributed by atoms with Crippen LogP contribution in [0.25, 0.3) is 0 Å². The third-order valence-corrected chi connectivity index (χ3v) is 3.86. The fourth-order valence-corrected chi connectivity index (χ4v) is 2.59. The Kier molecular flexibility index (Phi) is 7.70. The molecule has 0 aliphatic carbocycles. The number of nitrogens with zero attached hydrogens (tertiary/aromatic N) is 1. The van der Waals surface area contributed by atoms with E-state index in [1.165, 1.54) is 6.07 Å². The first-order chi connectivity index (χ1) is 12.1. The third kappa shape index (κ3) is 6.36. The van der Waals surface area contributed by atoms with Gasteiger partial charge < -0.3 is 15.7 Å². The lowest BCUT2D eigenvalue weighted by atomic mass is 10.1. The summed E-state index contributed by atoms with van der Waals surface area (Å²) in [6, 6.07) is 13.9. The first-order valence-electron chi connectivity index (χ1n) is 8.29. The Balaban J connectivity index is 1.90. The smallest absolute Gasteiger partial charge is 0.191 e. The van der Waals surface area contributed by atoms with Gasteiger partial charge in [0.15, 0.2) is 5.96 Å². The second-order valence-electron chi connectivity index (χ2n) is 5.56. The maximum Gasteiger partial charge on any atom is 0.191 e. The highest BCUT2D eigenvalue weighted by Crippen LogP contribution is 2.16. The molecule has 0 saturated heterocycles. The van der Waals surface area contributed by atoms with Crippen LogP contribution in [0.1, 0.15) is 24.2 Å². The number of guanidine groups is 1. The van der Waals surface area contributed by atoms with E-state index in [-0.39, 0.29) is 12.1 Å². The minimum Gasteiger partial charge on any atom is -0.386 e.